The number of rotatable bonds is 4. The summed E-state index contributed by atoms with van der Waals surface area (Å²) in [4.78, 5) is 10.8. The van der Waals surface area contributed by atoms with E-state index in [1.165, 1.54) is 25.3 Å². The van der Waals surface area contributed by atoms with E-state index in [1.54, 1.807) is 12.1 Å². The van der Waals surface area contributed by atoms with Crippen molar-refractivity contribution in [3.63, 3.8) is 0 Å². The molecule has 0 spiro atoms. The fourth-order valence-corrected chi connectivity index (χ4v) is 2.30. The smallest absolute Gasteiger partial charge is 0.335 e. The predicted octanol–water partition coefficient (Wildman–Crippen LogP) is 3.64. The van der Waals surface area contributed by atoms with Gasteiger partial charge in [0.1, 0.15) is 0 Å². The van der Waals surface area contributed by atoms with Gasteiger partial charge in [0.2, 0.25) is 0 Å². The van der Waals surface area contributed by atoms with Crippen LogP contribution in [0.15, 0.2) is 18.2 Å². The summed E-state index contributed by atoms with van der Waals surface area (Å²) in [5, 5.41) is 12.7. The zero-order valence-electron chi connectivity index (χ0n) is 9.74. The Morgan fingerprint density at radius 2 is 2.24 bits per heavy atom. The van der Waals surface area contributed by atoms with Gasteiger partial charge in [0.05, 0.1) is 16.3 Å². The fraction of sp³-hybridized carbons (Fsp3) is 0.462. The van der Waals surface area contributed by atoms with Crippen LogP contribution in [-0.2, 0) is 0 Å². The van der Waals surface area contributed by atoms with Gasteiger partial charge in [-0.1, -0.05) is 18.0 Å². The van der Waals surface area contributed by atoms with Gasteiger partial charge in [0.15, 0.2) is 0 Å². The summed E-state index contributed by atoms with van der Waals surface area (Å²) >= 11 is 6.06. The minimum absolute atomic E-state index is 0.219. The van der Waals surface area contributed by atoms with Crippen LogP contribution >= 0.6 is 11.6 Å². The van der Waals surface area contributed by atoms with Crippen LogP contribution in [-0.4, -0.2) is 17.1 Å². The van der Waals surface area contributed by atoms with E-state index in [0.29, 0.717) is 17.0 Å². The Balaban J connectivity index is 2.07. The Hall–Kier alpha value is -1.22. The van der Waals surface area contributed by atoms with E-state index in [9.17, 15) is 4.79 Å². The van der Waals surface area contributed by atoms with E-state index < -0.39 is 5.97 Å². The lowest BCUT2D eigenvalue weighted by molar-refractivity contribution is 0.0697. The van der Waals surface area contributed by atoms with Crippen molar-refractivity contribution in [3.05, 3.63) is 28.8 Å². The summed E-state index contributed by atoms with van der Waals surface area (Å²) in [6, 6.07) is 5.18. The second-order valence-corrected chi connectivity index (χ2v) is 5.03. The summed E-state index contributed by atoms with van der Waals surface area (Å²) in [6.07, 6.45) is 3.83. The first-order chi connectivity index (χ1) is 8.08. The van der Waals surface area contributed by atoms with Crippen molar-refractivity contribution in [3.8, 4) is 0 Å². The number of anilines is 1. The molecule has 3 nitrogen and oxygen atoms in total. The fourth-order valence-electron chi connectivity index (χ4n) is 2.07. The Bertz CT molecular complexity index is 429. The minimum Gasteiger partial charge on any atom is -0.478 e. The molecule has 0 aliphatic heterocycles. The first kappa shape index (κ1) is 12.2. The molecule has 2 rings (SSSR count). The summed E-state index contributed by atoms with van der Waals surface area (Å²) in [5.74, 6) is -0.240. The highest BCUT2D eigenvalue weighted by Crippen LogP contribution is 2.32. The normalized spacial score (nSPS) is 17.3. The molecule has 92 valence electrons. The molecule has 0 heterocycles. The molecule has 1 aliphatic rings. The predicted molar refractivity (Wildman–Crippen MR) is 68.8 cm³/mol. The third kappa shape index (κ3) is 2.72. The van der Waals surface area contributed by atoms with Gasteiger partial charge in [-0.2, -0.15) is 0 Å². The molecule has 1 aromatic carbocycles. The number of carbonyl (C=O) groups is 1. The van der Waals surface area contributed by atoms with E-state index in [0.717, 1.165) is 5.69 Å². The molecular formula is C13H16ClNO2. The number of hydrogen-bond donors (Lipinski definition) is 2. The van der Waals surface area contributed by atoms with E-state index >= 15 is 0 Å². The second kappa shape index (κ2) is 4.96. The van der Waals surface area contributed by atoms with Gasteiger partial charge in [-0.3, -0.25) is 0 Å². The zero-order valence-corrected chi connectivity index (χ0v) is 10.5. The van der Waals surface area contributed by atoms with Gasteiger partial charge < -0.3 is 10.4 Å². The lowest BCUT2D eigenvalue weighted by Crippen LogP contribution is -2.30. The molecule has 0 saturated heterocycles. The van der Waals surface area contributed by atoms with Crippen molar-refractivity contribution in [2.75, 3.05) is 5.32 Å². The third-order valence-corrected chi connectivity index (χ3v) is 3.77. The van der Waals surface area contributed by atoms with Crippen molar-refractivity contribution in [2.45, 2.75) is 32.2 Å². The Morgan fingerprint density at radius 1 is 1.53 bits per heavy atom. The summed E-state index contributed by atoms with van der Waals surface area (Å²) in [7, 11) is 0. The van der Waals surface area contributed by atoms with E-state index in [2.05, 4.69) is 12.2 Å². The number of nitrogens with one attached hydrogen (secondary N) is 1. The van der Waals surface area contributed by atoms with Gasteiger partial charge in [-0.15, -0.1) is 0 Å². The van der Waals surface area contributed by atoms with Crippen LogP contribution in [0.2, 0.25) is 5.02 Å². The second-order valence-electron chi connectivity index (χ2n) is 4.62. The maximum Gasteiger partial charge on any atom is 0.335 e. The lowest BCUT2D eigenvalue weighted by atomic mass is 9.80. The van der Waals surface area contributed by atoms with Crippen molar-refractivity contribution in [1.82, 2.24) is 0 Å². The number of carboxylic acids is 1. The van der Waals surface area contributed by atoms with Crippen LogP contribution in [0.5, 0.6) is 0 Å². The van der Waals surface area contributed by atoms with E-state index in [-0.39, 0.29) is 5.56 Å². The molecule has 17 heavy (non-hydrogen) atoms. The Kier molecular flexibility index (Phi) is 3.57. The highest BCUT2D eigenvalue weighted by molar-refractivity contribution is 6.33. The maximum absolute atomic E-state index is 10.8. The highest BCUT2D eigenvalue weighted by Gasteiger charge is 2.24. The first-order valence-electron chi connectivity index (χ1n) is 5.87. The molecule has 1 saturated carbocycles. The molecular weight excluding hydrogens is 238 g/mol. The SMILES string of the molecule is CC(Nc1ccc(C(=O)O)cc1Cl)C1CCC1. The van der Waals surface area contributed by atoms with E-state index in [4.69, 9.17) is 16.7 Å². The van der Waals surface area contributed by atoms with Gasteiger partial charge >= 0.3 is 5.97 Å². The summed E-state index contributed by atoms with van der Waals surface area (Å²) in [6.45, 7) is 2.14. The Labute approximate surface area is 106 Å². The maximum atomic E-state index is 10.8. The number of aromatic carboxylic acids is 1. The molecule has 0 bridgehead atoms. The lowest BCUT2D eigenvalue weighted by Gasteiger charge is -2.32. The molecule has 1 aliphatic carbocycles. The minimum atomic E-state index is -0.953. The molecule has 1 fully saturated rings. The van der Waals surface area contributed by atoms with Gasteiger partial charge in [0.25, 0.3) is 0 Å². The standard InChI is InChI=1S/C13H16ClNO2/c1-8(9-3-2-4-9)15-12-6-5-10(13(16)17)7-11(12)14/h5-9,15H,2-4H2,1H3,(H,16,17). The van der Waals surface area contributed by atoms with Gasteiger partial charge in [-0.05, 0) is 43.9 Å². The van der Waals surface area contributed by atoms with Crippen LogP contribution < -0.4 is 5.32 Å². The summed E-state index contributed by atoms with van der Waals surface area (Å²) in [5.41, 5.74) is 1.04. The third-order valence-electron chi connectivity index (χ3n) is 3.46. The average Bonchev–Trinajstić information content (AvgIpc) is 2.18. The van der Waals surface area contributed by atoms with E-state index in [1.807, 2.05) is 0 Å². The summed E-state index contributed by atoms with van der Waals surface area (Å²) < 4.78 is 0. The van der Waals surface area contributed by atoms with Crippen LogP contribution in [0.1, 0.15) is 36.5 Å². The number of benzene rings is 1. The van der Waals surface area contributed by atoms with Crippen LogP contribution in [0.4, 0.5) is 5.69 Å². The molecule has 1 atom stereocenters. The number of carboxylic acid groups (broad SMARTS) is 1. The monoisotopic (exact) mass is 253 g/mol. The van der Waals surface area contributed by atoms with Crippen molar-refractivity contribution >= 4 is 23.3 Å². The van der Waals surface area contributed by atoms with Crippen LogP contribution in [0.3, 0.4) is 0 Å². The molecule has 0 radical (unpaired) electrons. The van der Waals surface area contributed by atoms with Crippen molar-refractivity contribution in [2.24, 2.45) is 5.92 Å². The molecule has 1 unspecified atom stereocenters. The quantitative estimate of drug-likeness (QED) is 0.861. The first-order valence-corrected chi connectivity index (χ1v) is 6.25. The highest BCUT2D eigenvalue weighted by atomic mass is 35.5. The molecule has 1 aromatic rings. The van der Waals surface area contributed by atoms with Gasteiger partial charge in [0, 0.05) is 6.04 Å². The molecule has 4 heteroatoms. The largest absolute Gasteiger partial charge is 0.478 e. The topological polar surface area (TPSA) is 49.3 Å². The van der Waals surface area contributed by atoms with Crippen LogP contribution in [0, 0.1) is 5.92 Å². The molecule has 0 amide bonds. The molecule has 2 N–H and O–H groups in total. The van der Waals surface area contributed by atoms with Crippen molar-refractivity contribution < 1.29 is 9.90 Å². The van der Waals surface area contributed by atoms with Gasteiger partial charge in [-0.25, -0.2) is 4.79 Å². The number of halogens is 1. The number of hydrogen-bond acceptors (Lipinski definition) is 2. The Morgan fingerprint density at radius 3 is 2.71 bits per heavy atom. The van der Waals surface area contributed by atoms with Crippen molar-refractivity contribution in [1.29, 1.82) is 0 Å². The molecule has 0 aromatic heterocycles. The average molecular weight is 254 g/mol. The zero-order chi connectivity index (χ0) is 12.4. The van der Waals surface area contributed by atoms with Crippen LogP contribution in [0.25, 0.3) is 0 Å².